The number of urea groups is 1. The van der Waals surface area contributed by atoms with Crippen LogP contribution in [0.15, 0.2) is 30.5 Å². The summed E-state index contributed by atoms with van der Waals surface area (Å²) in [6.07, 6.45) is 2.93. The molecule has 36 heavy (non-hydrogen) atoms. The van der Waals surface area contributed by atoms with Crippen LogP contribution in [-0.2, 0) is 4.74 Å². The number of aromatic nitrogens is 2. The van der Waals surface area contributed by atoms with Crippen LogP contribution in [0.5, 0.6) is 0 Å². The summed E-state index contributed by atoms with van der Waals surface area (Å²) in [5, 5.41) is 15.5. The van der Waals surface area contributed by atoms with E-state index in [2.05, 4.69) is 26.6 Å². The first kappa shape index (κ1) is 25.0. The summed E-state index contributed by atoms with van der Waals surface area (Å²) in [4.78, 5) is 39.4. The van der Waals surface area contributed by atoms with Crippen molar-refractivity contribution in [3.8, 4) is 6.07 Å². The quantitative estimate of drug-likeness (QED) is 0.646. The number of anilines is 4. The van der Waals surface area contributed by atoms with Gasteiger partial charge in [0, 0.05) is 44.6 Å². The van der Waals surface area contributed by atoms with E-state index >= 15 is 0 Å². The topological polar surface area (TPSA) is 127 Å². The molecule has 0 saturated carbocycles. The molecular formula is C25H32N8O3. The van der Waals surface area contributed by atoms with Crippen molar-refractivity contribution >= 4 is 35.1 Å². The summed E-state index contributed by atoms with van der Waals surface area (Å²) in [6, 6.07) is 9.31. The summed E-state index contributed by atoms with van der Waals surface area (Å²) in [5.74, 6) is 0.966. The van der Waals surface area contributed by atoms with Crippen molar-refractivity contribution in [2.75, 3.05) is 48.8 Å². The van der Waals surface area contributed by atoms with E-state index < -0.39 is 11.7 Å². The lowest BCUT2D eigenvalue weighted by atomic mass is 10.0. The lowest BCUT2D eigenvalue weighted by molar-refractivity contribution is 0.0636. The SMILES string of the molecule is CN1CCN([C@@H]2CCCN(c3cnc(C#N)c(Nc4cccc(NC(=O)OC(C)(C)C)c4)n3)C2)C1=O. The van der Waals surface area contributed by atoms with Crippen LogP contribution in [0.4, 0.5) is 32.6 Å². The Hall–Kier alpha value is -4.07. The highest BCUT2D eigenvalue weighted by atomic mass is 16.6. The standard InChI is InChI=1S/C25H32N8O3/c1-25(2,3)36-23(34)29-18-8-5-7-17(13-18)28-22-20(14-26)27-15-21(30-22)32-10-6-9-19(16-32)33-12-11-31(4)24(33)35/h5,7-8,13,15,19H,6,9-12,16H2,1-4H3,(H,28,30)(H,29,34)/t19-/m1/s1. The number of ether oxygens (including phenoxy) is 1. The Morgan fingerprint density at radius 1 is 1.22 bits per heavy atom. The number of nitrogens with one attached hydrogen (secondary N) is 2. The molecule has 2 fully saturated rings. The van der Waals surface area contributed by atoms with E-state index in [0.29, 0.717) is 29.6 Å². The third-order valence-corrected chi connectivity index (χ3v) is 6.05. The highest BCUT2D eigenvalue weighted by molar-refractivity contribution is 5.86. The average Bonchev–Trinajstić information content (AvgIpc) is 3.16. The number of rotatable bonds is 5. The van der Waals surface area contributed by atoms with Gasteiger partial charge in [-0.2, -0.15) is 5.26 Å². The molecule has 0 spiro atoms. The van der Waals surface area contributed by atoms with Crippen molar-refractivity contribution in [3.05, 3.63) is 36.2 Å². The molecule has 11 heteroatoms. The van der Waals surface area contributed by atoms with Gasteiger partial charge in [0.2, 0.25) is 0 Å². The molecule has 1 aromatic carbocycles. The van der Waals surface area contributed by atoms with Crippen LogP contribution in [-0.4, -0.2) is 76.8 Å². The Kier molecular flexibility index (Phi) is 7.15. The molecule has 0 bridgehead atoms. The van der Waals surface area contributed by atoms with E-state index in [0.717, 1.165) is 32.5 Å². The number of nitriles is 1. The van der Waals surface area contributed by atoms with Gasteiger partial charge in [0.15, 0.2) is 11.5 Å². The predicted molar refractivity (Wildman–Crippen MR) is 136 cm³/mol. The minimum Gasteiger partial charge on any atom is -0.444 e. The Labute approximate surface area is 211 Å². The molecule has 0 aliphatic carbocycles. The third-order valence-electron chi connectivity index (χ3n) is 6.05. The zero-order valence-corrected chi connectivity index (χ0v) is 21.1. The number of amides is 3. The van der Waals surface area contributed by atoms with Crippen LogP contribution in [0.2, 0.25) is 0 Å². The molecule has 3 heterocycles. The zero-order chi connectivity index (χ0) is 25.9. The van der Waals surface area contributed by atoms with E-state index in [1.165, 1.54) is 0 Å². The first-order chi connectivity index (χ1) is 17.1. The minimum atomic E-state index is -0.608. The van der Waals surface area contributed by atoms with Gasteiger partial charge in [-0.1, -0.05) is 6.07 Å². The molecular weight excluding hydrogens is 460 g/mol. The minimum absolute atomic E-state index is 0.0648. The Bertz CT molecular complexity index is 1170. The number of nitrogens with zero attached hydrogens (tertiary/aromatic N) is 6. The van der Waals surface area contributed by atoms with Crippen LogP contribution in [0.3, 0.4) is 0 Å². The molecule has 4 rings (SSSR count). The summed E-state index contributed by atoms with van der Waals surface area (Å²) >= 11 is 0. The van der Waals surface area contributed by atoms with Crippen LogP contribution in [0.1, 0.15) is 39.3 Å². The Balaban J connectivity index is 1.49. The first-order valence-electron chi connectivity index (χ1n) is 12.0. The molecule has 2 aliphatic rings. The monoisotopic (exact) mass is 492 g/mol. The molecule has 11 nitrogen and oxygen atoms in total. The molecule has 1 atom stereocenters. The van der Waals surface area contributed by atoms with Crippen molar-refractivity contribution < 1.29 is 14.3 Å². The molecule has 2 aromatic rings. The van der Waals surface area contributed by atoms with Gasteiger partial charge in [-0.15, -0.1) is 0 Å². The Morgan fingerprint density at radius 2 is 2.00 bits per heavy atom. The van der Waals surface area contributed by atoms with Gasteiger partial charge < -0.3 is 24.8 Å². The average molecular weight is 493 g/mol. The van der Waals surface area contributed by atoms with Crippen molar-refractivity contribution in [3.63, 3.8) is 0 Å². The Morgan fingerprint density at radius 3 is 2.69 bits per heavy atom. The summed E-state index contributed by atoms with van der Waals surface area (Å²) in [6.45, 7) is 8.32. The van der Waals surface area contributed by atoms with Crippen LogP contribution < -0.4 is 15.5 Å². The van der Waals surface area contributed by atoms with Gasteiger partial charge in [-0.05, 0) is 51.8 Å². The molecule has 2 aliphatic heterocycles. The third kappa shape index (κ3) is 5.94. The second-order valence-electron chi connectivity index (χ2n) is 10.0. The van der Waals surface area contributed by atoms with Crippen LogP contribution in [0, 0.1) is 11.3 Å². The summed E-state index contributed by atoms with van der Waals surface area (Å²) in [7, 11) is 1.82. The zero-order valence-electron chi connectivity index (χ0n) is 21.1. The van der Waals surface area contributed by atoms with Gasteiger partial charge >= 0.3 is 12.1 Å². The molecule has 0 unspecified atom stereocenters. The molecule has 2 saturated heterocycles. The van der Waals surface area contributed by atoms with E-state index in [-0.39, 0.29) is 17.8 Å². The molecule has 190 valence electrons. The van der Waals surface area contributed by atoms with Gasteiger partial charge in [0.05, 0.1) is 12.2 Å². The maximum absolute atomic E-state index is 12.5. The normalized spacial score (nSPS) is 18.1. The fourth-order valence-electron chi connectivity index (χ4n) is 4.36. The largest absolute Gasteiger partial charge is 0.444 e. The van der Waals surface area contributed by atoms with Crippen LogP contribution in [0.25, 0.3) is 0 Å². The fraction of sp³-hybridized carbons (Fsp3) is 0.480. The number of likely N-dealkylation sites (N-methyl/N-ethyl adjacent to an activating group) is 1. The molecule has 3 amide bonds. The van der Waals surface area contributed by atoms with Crippen molar-refractivity contribution in [1.82, 2.24) is 19.8 Å². The highest BCUT2D eigenvalue weighted by Gasteiger charge is 2.34. The maximum Gasteiger partial charge on any atom is 0.412 e. The summed E-state index contributed by atoms with van der Waals surface area (Å²) < 4.78 is 5.31. The van der Waals surface area contributed by atoms with Gasteiger partial charge in [0.1, 0.15) is 17.5 Å². The number of carbonyl (C=O) groups is 2. The van der Waals surface area contributed by atoms with Gasteiger partial charge in [-0.3, -0.25) is 5.32 Å². The van der Waals surface area contributed by atoms with E-state index in [1.54, 1.807) is 50.1 Å². The van der Waals surface area contributed by atoms with Crippen molar-refractivity contribution in [1.29, 1.82) is 5.26 Å². The maximum atomic E-state index is 12.5. The fourth-order valence-corrected chi connectivity index (χ4v) is 4.36. The van der Waals surface area contributed by atoms with E-state index in [9.17, 15) is 14.9 Å². The summed E-state index contributed by atoms with van der Waals surface area (Å²) in [5.41, 5.74) is 0.724. The molecule has 0 radical (unpaired) electrons. The van der Waals surface area contributed by atoms with Crippen molar-refractivity contribution in [2.45, 2.75) is 45.3 Å². The molecule has 2 N–H and O–H groups in total. The van der Waals surface area contributed by atoms with Crippen LogP contribution >= 0.6 is 0 Å². The highest BCUT2D eigenvalue weighted by Crippen LogP contribution is 2.27. The number of hydrogen-bond donors (Lipinski definition) is 2. The number of hydrogen-bond acceptors (Lipinski definition) is 8. The number of piperidine rings is 1. The number of carbonyl (C=O) groups excluding carboxylic acids is 2. The number of benzene rings is 1. The smallest absolute Gasteiger partial charge is 0.412 e. The van der Waals surface area contributed by atoms with E-state index in [4.69, 9.17) is 9.72 Å². The predicted octanol–water partition coefficient (Wildman–Crippen LogP) is 3.78. The lowest BCUT2D eigenvalue weighted by Gasteiger charge is -2.37. The lowest BCUT2D eigenvalue weighted by Crippen LogP contribution is -2.49. The van der Waals surface area contributed by atoms with Gasteiger partial charge in [-0.25, -0.2) is 19.6 Å². The van der Waals surface area contributed by atoms with E-state index in [1.807, 2.05) is 18.0 Å². The van der Waals surface area contributed by atoms with Gasteiger partial charge in [0.25, 0.3) is 0 Å². The molecule has 1 aromatic heterocycles. The first-order valence-corrected chi connectivity index (χ1v) is 12.0. The van der Waals surface area contributed by atoms with Crippen molar-refractivity contribution in [2.24, 2.45) is 0 Å². The second-order valence-corrected chi connectivity index (χ2v) is 10.0. The second kappa shape index (κ2) is 10.3.